The standard InChI is InChI=1S/C11H19NO2/c1-3-9-8-11(10(13)14-9)4-6-12(2)7-5-11/h9H,3-8H2,1-2H3. The highest BCUT2D eigenvalue weighted by Crippen LogP contribution is 2.43. The Morgan fingerprint density at radius 1 is 1.50 bits per heavy atom. The molecule has 2 saturated heterocycles. The van der Waals surface area contributed by atoms with Gasteiger partial charge in [-0.3, -0.25) is 4.79 Å². The van der Waals surface area contributed by atoms with Gasteiger partial charge in [-0.05, 0) is 39.4 Å². The molecule has 1 unspecified atom stereocenters. The van der Waals surface area contributed by atoms with E-state index in [1.54, 1.807) is 0 Å². The molecule has 0 aromatic heterocycles. The van der Waals surface area contributed by atoms with Crippen molar-refractivity contribution in [3.63, 3.8) is 0 Å². The molecule has 0 aromatic carbocycles. The summed E-state index contributed by atoms with van der Waals surface area (Å²) in [5, 5.41) is 0. The lowest BCUT2D eigenvalue weighted by molar-refractivity contribution is -0.150. The van der Waals surface area contributed by atoms with Crippen molar-refractivity contribution in [1.29, 1.82) is 0 Å². The summed E-state index contributed by atoms with van der Waals surface area (Å²) in [6.07, 6.45) is 4.07. The molecule has 14 heavy (non-hydrogen) atoms. The number of carbonyl (C=O) groups is 1. The normalized spacial score (nSPS) is 32.1. The van der Waals surface area contributed by atoms with Gasteiger partial charge in [0.2, 0.25) is 0 Å². The zero-order valence-corrected chi connectivity index (χ0v) is 9.08. The molecule has 0 saturated carbocycles. The molecule has 2 aliphatic rings. The Kier molecular flexibility index (Phi) is 2.52. The molecule has 2 fully saturated rings. The Balaban J connectivity index is 2.05. The second-order valence-electron chi connectivity index (χ2n) is 4.72. The minimum Gasteiger partial charge on any atom is -0.462 e. The number of carbonyl (C=O) groups excluding carboxylic acids is 1. The topological polar surface area (TPSA) is 29.5 Å². The number of piperidine rings is 1. The minimum atomic E-state index is -0.118. The summed E-state index contributed by atoms with van der Waals surface area (Å²) in [6.45, 7) is 4.16. The van der Waals surface area contributed by atoms with Crippen LogP contribution in [0.1, 0.15) is 32.6 Å². The first kappa shape index (κ1) is 9.97. The van der Waals surface area contributed by atoms with E-state index in [4.69, 9.17) is 4.74 Å². The average molecular weight is 197 g/mol. The number of esters is 1. The molecule has 80 valence electrons. The molecule has 0 amide bonds. The third-order valence-corrected chi connectivity index (χ3v) is 3.72. The van der Waals surface area contributed by atoms with Gasteiger partial charge in [-0.15, -0.1) is 0 Å². The fourth-order valence-electron chi connectivity index (χ4n) is 2.52. The summed E-state index contributed by atoms with van der Waals surface area (Å²) in [7, 11) is 2.12. The molecule has 0 aliphatic carbocycles. The van der Waals surface area contributed by atoms with E-state index in [2.05, 4.69) is 18.9 Å². The SMILES string of the molecule is CCC1CC2(CCN(C)CC2)C(=O)O1. The number of ether oxygens (including phenoxy) is 1. The van der Waals surface area contributed by atoms with Crippen molar-refractivity contribution < 1.29 is 9.53 Å². The predicted molar refractivity (Wildman–Crippen MR) is 54.0 cm³/mol. The summed E-state index contributed by atoms with van der Waals surface area (Å²) in [5.41, 5.74) is -0.118. The summed E-state index contributed by atoms with van der Waals surface area (Å²) >= 11 is 0. The molecule has 0 aromatic rings. The van der Waals surface area contributed by atoms with Gasteiger partial charge in [0.15, 0.2) is 0 Å². The van der Waals surface area contributed by atoms with Crippen LogP contribution in [0.15, 0.2) is 0 Å². The van der Waals surface area contributed by atoms with Crippen molar-refractivity contribution >= 4 is 5.97 Å². The molecular formula is C11H19NO2. The van der Waals surface area contributed by atoms with Gasteiger partial charge in [-0.1, -0.05) is 6.92 Å². The van der Waals surface area contributed by atoms with Gasteiger partial charge in [0, 0.05) is 6.42 Å². The monoisotopic (exact) mass is 197 g/mol. The summed E-state index contributed by atoms with van der Waals surface area (Å²) < 4.78 is 5.38. The van der Waals surface area contributed by atoms with E-state index in [9.17, 15) is 4.79 Å². The third kappa shape index (κ3) is 1.54. The van der Waals surface area contributed by atoms with Gasteiger partial charge < -0.3 is 9.64 Å². The molecule has 3 heteroatoms. The number of rotatable bonds is 1. The van der Waals surface area contributed by atoms with E-state index in [1.807, 2.05) is 0 Å². The van der Waals surface area contributed by atoms with Crippen molar-refractivity contribution in [2.45, 2.75) is 38.7 Å². The van der Waals surface area contributed by atoms with Gasteiger partial charge in [0.05, 0.1) is 5.41 Å². The highest BCUT2D eigenvalue weighted by molar-refractivity contribution is 5.79. The zero-order valence-electron chi connectivity index (χ0n) is 9.08. The fourth-order valence-corrected chi connectivity index (χ4v) is 2.52. The van der Waals surface area contributed by atoms with E-state index in [1.165, 1.54) is 0 Å². The lowest BCUT2D eigenvalue weighted by atomic mass is 9.76. The molecule has 0 radical (unpaired) electrons. The van der Waals surface area contributed by atoms with Crippen LogP contribution in [0.25, 0.3) is 0 Å². The predicted octanol–water partition coefficient (Wildman–Crippen LogP) is 1.42. The van der Waals surface area contributed by atoms with Crippen molar-refractivity contribution in [3.8, 4) is 0 Å². The van der Waals surface area contributed by atoms with Gasteiger partial charge >= 0.3 is 5.97 Å². The van der Waals surface area contributed by atoms with Crippen LogP contribution in [0.5, 0.6) is 0 Å². The van der Waals surface area contributed by atoms with Gasteiger partial charge in [0.25, 0.3) is 0 Å². The quantitative estimate of drug-likeness (QED) is 0.595. The van der Waals surface area contributed by atoms with E-state index in [-0.39, 0.29) is 17.5 Å². The molecular weight excluding hydrogens is 178 g/mol. The number of cyclic esters (lactones) is 1. The summed E-state index contributed by atoms with van der Waals surface area (Å²) in [5.74, 6) is 0.0671. The Bertz CT molecular complexity index is 231. The molecule has 1 spiro atoms. The Hall–Kier alpha value is -0.570. The van der Waals surface area contributed by atoms with Crippen LogP contribution >= 0.6 is 0 Å². The zero-order chi connectivity index (χ0) is 10.2. The maximum Gasteiger partial charge on any atom is 0.312 e. The first-order valence-electron chi connectivity index (χ1n) is 5.56. The number of nitrogens with zero attached hydrogens (tertiary/aromatic N) is 1. The molecule has 2 heterocycles. The van der Waals surface area contributed by atoms with E-state index in [0.29, 0.717) is 0 Å². The van der Waals surface area contributed by atoms with Crippen LogP contribution in [0, 0.1) is 5.41 Å². The number of likely N-dealkylation sites (tertiary alicyclic amines) is 1. The first-order valence-corrected chi connectivity index (χ1v) is 5.56. The smallest absolute Gasteiger partial charge is 0.312 e. The van der Waals surface area contributed by atoms with E-state index in [0.717, 1.165) is 38.8 Å². The number of hydrogen-bond acceptors (Lipinski definition) is 3. The first-order chi connectivity index (χ1) is 6.66. The molecule has 3 nitrogen and oxygen atoms in total. The summed E-state index contributed by atoms with van der Waals surface area (Å²) in [4.78, 5) is 14.1. The maximum atomic E-state index is 11.8. The van der Waals surface area contributed by atoms with Gasteiger partial charge in [0.1, 0.15) is 6.10 Å². The fraction of sp³-hybridized carbons (Fsp3) is 0.909. The van der Waals surface area contributed by atoms with Gasteiger partial charge in [-0.25, -0.2) is 0 Å². The van der Waals surface area contributed by atoms with Crippen molar-refractivity contribution in [3.05, 3.63) is 0 Å². The second kappa shape index (κ2) is 3.54. The molecule has 2 aliphatic heterocycles. The van der Waals surface area contributed by atoms with Crippen molar-refractivity contribution in [2.75, 3.05) is 20.1 Å². The van der Waals surface area contributed by atoms with Crippen LogP contribution < -0.4 is 0 Å². The lowest BCUT2D eigenvalue weighted by Crippen LogP contribution is -2.40. The van der Waals surface area contributed by atoms with Crippen LogP contribution in [0.2, 0.25) is 0 Å². The highest BCUT2D eigenvalue weighted by atomic mass is 16.6. The summed E-state index contributed by atoms with van der Waals surface area (Å²) in [6, 6.07) is 0. The Morgan fingerprint density at radius 2 is 2.14 bits per heavy atom. The Morgan fingerprint density at radius 3 is 2.64 bits per heavy atom. The number of hydrogen-bond donors (Lipinski definition) is 0. The molecule has 0 N–H and O–H groups in total. The average Bonchev–Trinajstić information content (AvgIpc) is 2.49. The minimum absolute atomic E-state index is 0.0671. The van der Waals surface area contributed by atoms with Gasteiger partial charge in [-0.2, -0.15) is 0 Å². The van der Waals surface area contributed by atoms with E-state index < -0.39 is 0 Å². The van der Waals surface area contributed by atoms with E-state index >= 15 is 0 Å². The molecule has 1 atom stereocenters. The van der Waals surface area contributed by atoms with Crippen molar-refractivity contribution in [1.82, 2.24) is 4.90 Å². The van der Waals surface area contributed by atoms with Crippen molar-refractivity contribution in [2.24, 2.45) is 5.41 Å². The second-order valence-corrected chi connectivity index (χ2v) is 4.72. The molecule has 0 bridgehead atoms. The van der Waals surface area contributed by atoms with Crippen LogP contribution in [0.4, 0.5) is 0 Å². The van der Waals surface area contributed by atoms with Crippen LogP contribution in [-0.4, -0.2) is 37.1 Å². The third-order valence-electron chi connectivity index (χ3n) is 3.72. The Labute approximate surface area is 85.4 Å². The lowest BCUT2D eigenvalue weighted by Gasteiger charge is -2.34. The maximum absolute atomic E-state index is 11.8. The van der Waals surface area contributed by atoms with Crippen LogP contribution in [-0.2, 0) is 9.53 Å². The largest absolute Gasteiger partial charge is 0.462 e. The van der Waals surface area contributed by atoms with Crippen LogP contribution in [0.3, 0.4) is 0 Å². The highest BCUT2D eigenvalue weighted by Gasteiger charge is 2.49. The molecule has 2 rings (SSSR count).